The minimum atomic E-state index is -6.52. The molecule has 0 unspecified atom stereocenters. The number of carbonyl (C=O) groups excluding carboxylic acids is 1. The van der Waals surface area contributed by atoms with Crippen molar-refractivity contribution in [3.63, 3.8) is 0 Å². The summed E-state index contributed by atoms with van der Waals surface area (Å²) in [5.74, 6) is -14.8. The van der Waals surface area contributed by atoms with Gasteiger partial charge in [0.2, 0.25) is 0 Å². The Labute approximate surface area is 132 Å². The van der Waals surface area contributed by atoms with Crippen LogP contribution in [0.4, 0.5) is 36.4 Å². The number of anilines is 1. The Morgan fingerprint density at radius 1 is 0.833 bits per heavy atom. The highest BCUT2D eigenvalue weighted by molar-refractivity contribution is 5.85. The quantitative estimate of drug-likeness (QED) is 0.775. The minimum absolute atomic E-state index is 0.0451. The van der Waals surface area contributed by atoms with Gasteiger partial charge in [0.05, 0.1) is 0 Å². The van der Waals surface area contributed by atoms with Crippen LogP contribution in [0.3, 0.4) is 0 Å². The van der Waals surface area contributed by atoms with Crippen molar-refractivity contribution in [3.05, 3.63) is 30.3 Å². The maximum Gasteiger partial charge on any atom is 0.460 e. The van der Waals surface area contributed by atoms with Crippen molar-refractivity contribution in [1.82, 2.24) is 4.90 Å². The molecule has 0 atom stereocenters. The van der Waals surface area contributed by atoms with Crippen LogP contribution in [0.2, 0.25) is 0 Å². The van der Waals surface area contributed by atoms with E-state index in [4.69, 9.17) is 0 Å². The number of para-hydroxylation sites is 1. The first-order valence-electron chi connectivity index (χ1n) is 6.90. The number of amides is 1. The van der Waals surface area contributed by atoms with Crippen LogP contribution in [-0.2, 0) is 4.79 Å². The smallest absolute Gasteiger partial charge is 0.368 e. The number of carbonyl (C=O) groups is 1. The van der Waals surface area contributed by atoms with E-state index < -0.39 is 23.9 Å². The van der Waals surface area contributed by atoms with Crippen molar-refractivity contribution in [1.29, 1.82) is 0 Å². The number of piperazine rings is 1. The maximum atomic E-state index is 13.4. The molecule has 0 aliphatic carbocycles. The summed E-state index contributed by atoms with van der Waals surface area (Å²) in [6, 6.07) is 8.66. The second kappa shape index (κ2) is 6.14. The van der Waals surface area contributed by atoms with Crippen LogP contribution in [0.15, 0.2) is 30.3 Å². The summed E-state index contributed by atoms with van der Waals surface area (Å²) in [7, 11) is 0. The average molecular weight is 358 g/mol. The molecule has 3 nitrogen and oxygen atoms in total. The summed E-state index contributed by atoms with van der Waals surface area (Å²) in [6.07, 6.45) is -6.52. The van der Waals surface area contributed by atoms with E-state index in [1.807, 2.05) is 0 Å². The molecule has 1 amide bonds. The molecule has 1 heterocycles. The summed E-state index contributed by atoms with van der Waals surface area (Å²) in [4.78, 5) is 13.6. The molecule has 1 saturated heterocycles. The van der Waals surface area contributed by atoms with E-state index in [-0.39, 0.29) is 26.2 Å². The molecular formula is C14H13F7N2O. The number of alkyl halides is 7. The highest BCUT2D eigenvalue weighted by atomic mass is 19.4. The van der Waals surface area contributed by atoms with Gasteiger partial charge in [-0.2, -0.15) is 30.7 Å². The number of benzene rings is 1. The van der Waals surface area contributed by atoms with Gasteiger partial charge in [-0.3, -0.25) is 4.79 Å². The van der Waals surface area contributed by atoms with Crippen molar-refractivity contribution >= 4 is 11.6 Å². The molecule has 24 heavy (non-hydrogen) atoms. The van der Waals surface area contributed by atoms with Crippen molar-refractivity contribution in [2.75, 3.05) is 31.1 Å². The predicted octanol–water partition coefficient (Wildman–Crippen LogP) is 3.17. The molecule has 2 rings (SSSR count). The maximum absolute atomic E-state index is 13.4. The third-order valence-electron chi connectivity index (χ3n) is 3.71. The van der Waals surface area contributed by atoms with E-state index in [0.29, 0.717) is 4.90 Å². The van der Waals surface area contributed by atoms with Gasteiger partial charge in [0, 0.05) is 31.9 Å². The van der Waals surface area contributed by atoms with Gasteiger partial charge in [0.1, 0.15) is 0 Å². The Morgan fingerprint density at radius 3 is 1.79 bits per heavy atom. The highest BCUT2D eigenvalue weighted by Gasteiger charge is 2.76. The van der Waals surface area contributed by atoms with Gasteiger partial charge in [-0.25, -0.2) is 0 Å². The fourth-order valence-electron chi connectivity index (χ4n) is 2.32. The third-order valence-corrected chi connectivity index (χ3v) is 3.71. The lowest BCUT2D eigenvalue weighted by molar-refractivity contribution is -0.346. The van der Waals surface area contributed by atoms with Gasteiger partial charge in [-0.15, -0.1) is 0 Å². The molecule has 0 saturated carbocycles. The Balaban J connectivity index is 2.07. The highest BCUT2D eigenvalue weighted by Crippen LogP contribution is 2.47. The van der Waals surface area contributed by atoms with Crippen LogP contribution in [0.25, 0.3) is 0 Å². The molecule has 1 aromatic carbocycles. The van der Waals surface area contributed by atoms with Gasteiger partial charge in [-0.1, -0.05) is 18.2 Å². The van der Waals surface area contributed by atoms with Gasteiger partial charge >= 0.3 is 18.0 Å². The number of hydrogen-bond donors (Lipinski definition) is 0. The standard InChI is InChI=1S/C14H13F7N2O/c15-12(16,13(17,18)14(19,20)21)11(24)23-8-6-22(7-9-23)10-4-2-1-3-5-10/h1-5H,6-9H2. The summed E-state index contributed by atoms with van der Waals surface area (Å²) < 4.78 is 89.1. The summed E-state index contributed by atoms with van der Waals surface area (Å²) in [6.45, 7) is -0.665. The van der Waals surface area contributed by atoms with Crippen molar-refractivity contribution < 1.29 is 35.5 Å². The largest absolute Gasteiger partial charge is 0.460 e. The van der Waals surface area contributed by atoms with E-state index in [1.54, 1.807) is 35.2 Å². The van der Waals surface area contributed by atoms with Crippen molar-refractivity contribution in [3.8, 4) is 0 Å². The first kappa shape index (κ1) is 18.3. The zero-order chi connectivity index (χ0) is 18.2. The zero-order valence-corrected chi connectivity index (χ0v) is 12.2. The number of nitrogens with zero attached hydrogens (tertiary/aromatic N) is 2. The Bertz CT molecular complexity index is 581. The SMILES string of the molecule is O=C(N1CCN(c2ccccc2)CC1)C(F)(F)C(F)(F)C(F)(F)F. The van der Waals surface area contributed by atoms with Crippen LogP contribution in [-0.4, -0.2) is 55.0 Å². The minimum Gasteiger partial charge on any atom is -0.368 e. The van der Waals surface area contributed by atoms with E-state index in [9.17, 15) is 35.5 Å². The van der Waals surface area contributed by atoms with Crippen LogP contribution in [0.1, 0.15) is 0 Å². The fourth-order valence-corrected chi connectivity index (χ4v) is 2.32. The zero-order valence-electron chi connectivity index (χ0n) is 12.2. The fraction of sp³-hybridized carbons (Fsp3) is 0.500. The van der Waals surface area contributed by atoms with Crippen LogP contribution in [0.5, 0.6) is 0 Å². The Hall–Kier alpha value is -2.00. The molecule has 0 N–H and O–H groups in total. The lowest BCUT2D eigenvalue weighted by atomic mass is 10.1. The Morgan fingerprint density at radius 2 is 1.33 bits per heavy atom. The van der Waals surface area contributed by atoms with E-state index in [2.05, 4.69) is 0 Å². The predicted molar refractivity (Wildman–Crippen MR) is 71.2 cm³/mol. The summed E-state index contributed by atoms with van der Waals surface area (Å²) in [5.41, 5.74) is 0.733. The van der Waals surface area contributed by atoms with Crippen LogP contribution >= 0.6 is 0 Å². The molecule has 1 aromatic rings. The molecule has 0 spiro atoms. The second-order valence-electron chi connectivity index (χ2n) is 5.26. The monoisotopic (exact) mass is 358 g/mol. The molecule has 0 aromatic heterocycles. The lowest BCUT2D eigenvalue weighted by Crippen LogP contribution is -2.62. The van der Waals surface area contributed by atoms with Gasteiger partial charge in [-0.05, 0) is 12.1 Å². The molecular weight excluding hydrogens is 345 g/mol. The first-order chi connectivity index (χ1) is 11.0. The second-order valence-corrected chi connectivity index (χ2v) is 5.26. The third kappa shape index (κ3) is 3.13. The van der Waals surface area contributed by atoms with Crippen LogP contribution in [0, 0.1) is 0 Å². The molecule has 10 heteroatoms. The lowest BCUT2D eigenvalue weighted by Gasteiger charge is -2.38. The van der Waals surface area contributed by atoms with E-state index in [1.165, 1.54) is 0 Å². The van der Waals surface area contributed by atoms with Gasteiger partial charge < -0.3 is 9.80 Å². The normalized spacial score (nSPS) is 17.1. The molecule has 0 radical (unpaired) electrons. The topological polar surface area (TPSA) is 23.6 Å². The molecule has 1 aliphatic heterocycles. The summed E-state index contributed by atoms with van der Waals surface area (Å²) in [5, 5.41) is 0. The molecule has 1 fully saturated rings. The van der Waals surface area contributed by atoms with E-state index >= 15 is 0 Å². The summed E-state index contributed by atoms with van der Waals surface area (Å²) >= 11 is 0. The van der Waals surface area contributed by atoms with Crippen LogP contribution < -0.4 is 4.90 Å². The average Bonchev–Trinajstić information content (AvgIpc) is 2.54. The molecule has 134 valence electrons. The van der Waals surface area contributed by atoms with Crippen molar-refractivity contribution in [2.24, 2.45) is 0 Å². The molecule has 1 aliphatic rings. The van der Waals surface area contributed by atoms with Gasteiger partial charge in [0.25, 0.3) is 5.91 Å². The number of halogens is 7. The van der Waals surface area contributed by atoms with Crippen molar-refractivity contribution in [2.45, 2.75) is 18.0 Å². The molecule has 0 bridgehead atoms. The first-order valence-corrected chi connectivity index (χ1v) is 6.90. The Kier molecular flexibility index (Phi) is 4.69. The van der Waals surface area contributed by atoms with Gasteiger partial charge in [0.15, 0.2) is 0 Å². The number of rotatable bonds is 3. The van der Waals surface area contributed by atoms with E-state index in [0.717, 1.165) is 5.69 Å². The number of hydrogen-bond acceptors (Lipinski definition) is 2.